The zero-order valence-electron chi connectivity index (χ0n) is 15.7. The lowest BCUT2D eigenvalue weighted by Crippen LogP contribution is -2.50. The van der Waals surface area contributed by atoms with Crippen LogP contribution in [0.4, 0.5) is 13.2 Å². The highest BCUT2D eigenvalue weighted by Gasteiger charge is 2.41. The Labute approximate surface area is 168 Å². The lowest BCUT2D eigenvalue weighted by molar-refractivity contribution is -0.192. The lowest BCUT2D eigenvalue weighted by Gasteiger charge is -2.42. The molecule has 0 aromatic heterocycles. The smallest absolute Gasteiger partial charge is 0.475 e. The maximum Gasteiger partial charge on any atom is 0.490 e. The zero-order chi connectivity index (χ0) is 20.4. The maximum absolute atomic E-state index is 10.6. The molecule has 1 aromatic rings. The third kappa shape index (κ3) is 5.19. The molecular formula is C20H26ClF3N2O2. The molecule has 0 bridgehead atoms. The molecule has 4 rings (SSSR count). The minimum absolute atomic E-state index is 0.477. The molecule has 1 saturated carbocycles. The van der Waals surface area contributed by atoms with E-state index in [1.807, 2.05) is 0 Å². The number of piperidine rings is 1. The highest BCUT2D eigenvalue weighted by molar-refractivity contribution is 6.31. The molecule has 3 fully saturated rings. The van der Waals surface area contributed by atoms with Gasteiger partial charge in [0.1, 0.15) is 0 Å². The van der Waals surface area contributed by atoms with Gasteiger partial charge in [0.25, 0.3) is 0 Å². The standard InChI is InChI=1S/C18H25ClN2.C2HF3O2/c19-17-5-2-14(12-16(17)15-3-4-15)13-21-11-1-6-18(21)7-9-20-10-8-18;3-2(4,5)1(6)7/h2,5,12,15,20H,1,3-4,6-11,13H2;(H,6,7). The van der Waals surface area contributed by atoms with Crippen molar-refractivity contribution in [2.24, 2.45) is 0 Å². The van der Waals surface area contributed by atoms with E-state index >= 15 is 0 Å². The largest absolute Gasteiger partial charge is 0.490 e. The predicted octanol–water partition coefficient (Wildman–Crippen LogP) is 4.57. The van der Waals surface area contributed by atoms with Crippen LogP contribution in [-0.4, -0.2) is 47.3 Å². The van der Waals surface area contributed by atoms with E-state index in [1.165, 1.54) is 69.3 Å². The van der Waals surface area contributed by atoms with Crippen molar-refractivity contribution in [2.75, 3.05) is 19.6 Å². The summed E-state index contributed by atoms with van der Waals surface area (Å²) in [6, 6.07) is 6.74. The Morgan fingerprint density at radius 1 is 1.25 bits per heavy atom. The third-order valence-corrected chi connectivity index (χ3v) is 6.31. The summed E-state index contributed by atoms with van der Waals surface area (Å²) in [4.78, 5) is 11.7. The first kappa shape index (κ1) is 21.4. The minimum atomic E-state index is -5.08. The Morgan fingerprint density at radius 3 is 2.46 bits per heavy atom. The number of hydrogen-bond acceptors (Lipinski definition) is 3. The SMILES string of the molecule is Clc1ccc(CN2CCCC23CCNCC3)cc1C1CC1.O=C(O)C(F)(F)F. The fraction of sp³-hybridized carbons (Fsp3) is 0.650. The lowest BCUT2D eigenvalue weighted by atomic mass is 9.85. The van der Waals surface area contributed by atoms with Crippen LogP contribution >= 0.6 is 11.6 Å². The number of halogens is 4. The molecule has 2 heterocycles. The number of likely N-dealkylation sites (tertiary alicyclic amines) is 1. The first-order valence-electron chi connectivity index (χ1n) is 9.75. The molecule has 0 unspecified atom stereocenters. The van der Waals surface area contributed by atoms with Crippen LogP contribution in [0.5, 0.6) is 0 Å². The number of nitrogens with one attached hydrogen (secondary N) is 1. The van der Waals surface area contributed by atoms with Gasteiger partial charge >= 0.3 is 12.1 Å². The minimum Gasteiger partial charge on any atom is -0.475 e. The fourth-order valence-electron chi connectivity index (χ4n) is 4.32. The average Bonchev–Trinajstić information content (AvgIpc) is 3.42. The van der Waals surface area contributed by atoms with Gasteiger partial charge < -0.3 is 10.4 Å². The van der Waals surface area contributed by atoms with Crippen molar-refractivity contribution >= 4 is 17.6 Å². The molecule has 1 aliphatic carbocycles. The number of nitrogens with zero attached hydrogens (tertiary/aromatic N) is 1. The molecule has 1 spiro atoms. The van der Waals surface area contributed by atoms with E-state index in [0.29, 0.717) is 5.54 Å². The van der Waals surface area contributed by atoms with E-state index in [-0.39, 0.29) is 0 Å². The Balaban J connectivity index is 0.000000279. The van der Waals surface area contributed by atoms with Crippen LogP contribution in [0.3, 0.4) is 0 Å². The predicted molar refractivity (Wildman–Crippen MR) is 102 cm³/mol. The van der Waals surface area contributed by atoms with E-state index in [1.54, 1.807) is 0 Å². The van der Waals surface area contributed by atoms with Gasteiger partial charge in [-0.3, -0.25) is 4.90 Å². The Hall–Kier alpha value is -1.31. The summed E-state index contributed by atoms with van der Waals surface area (Å²) in [5, 5.41) is 11.6. The quantitative estimate of drug-likeness (QED) is 0.755. The van der Waals surface area contributed by atoms with Gasteiger partial charge in [-0.25, -0.2) is 4.79 Å². The number of aliphatic carboxylic acids is 1. The van der Waals surface area contributed by atoms with Gasteiger partial charge in [0.05, 0.1) is 0 Å². The normalized spacial score (nSPS) is 22.0. The van der Waals surface area contributed by atoms with Crippen molar-refractivity contribution in [1.29, 1.82) is 0 Å². The van der Waals surface area contributed by atoms with Gasteiger partial charge in [-0.05, 0) is 81.3 Å². The number of benzene rings is 1. The van der Waals surface area contributed by atoms with Crippen molar-refractivity contribution in [2.45, 2.75) is 62.7 Å². The van der Waals surface area contributed by atoms with E-state index in [0.717, 1.165) is 17.5 Å². The maximum atomic E-state index is 10.6. The summed E-state index contributed by atoms with van der Waals surface area (Å²) in [5.41, 5.74) is 3.33. The van der Waals surface area contributed by atoms with Crippen LogP contribution in [0, 0.1) is 0 Å². The Bertz CT molecular complexity index is 701. The molecule has 0 radical (unpaired) electrons. The van der Waals surface area contributed by atoms with Crippen LogP contribution in [0.15, 0.2) is 18.2 Å². The molecule has 28 heavy (non-hydrogen) atoms. The molecule has 2 saturated heterocycles. The number of carboxylic acids is 1. The zero-order valence-corrected chi connectivity index (χ0v) is 16.5. The van der Waals surface area contributed by atoms with Crippen molar-refractivity contribution in [3.63, 3.8) is 0 Å². The molecule has 0 atom stereocenters. The van der Waals surface area contributed by atoms with Gasteiger partial charge in [-0.1, -0.05) is 23.7 Å². The molecule has 1 aromatic carbocycles. The molecule has 3 aliphatic rings. The average molecular weight is 419 g/mol. The summed E-state index contributed by atoms with van der Waals surface area (Å²) in [5.74, 6) is -2.02. The molecule has 0 amide bonds. The second-order valence-corrected chi connectivity index (χ2v) is 8.34. The summed E-state index contributed by atoms with van der Waals surface area (Å²) < 4.78 is 31.7. The summed E-state index contributed by atoms with van der Waals surface area (Å²) in [7, 11) is 0. The van der Waals surface area contributed by atoms with Crippen LogP contribution < -0.4 is 5.32 Å². The fourth-order valence-corrected chi connectivity index (χ4v) is 4.59. The summed E-state index contributed by atoms with van der Waals surface area (Å²) in [6.45, 7) is 4.74. The van der Waals surface area contributed by atoms with Gasteiger partial charge in [-0.15, -0.1) is 0 Å². The third-order valence-electron chi connectivity index (χ3n) is 5.97. The second kappa shape index (κ2) is 8.59. The van der Waals surface area contributed by atoms with E-state index in [4.69, 9.17) is 21.5 Å². The van der Waals surface area contributed by atoms with Gasteiger partial charge in [0.15, 0.2) is 0 Å². The summed E-state index contributed by atoms with van der Waals surface area (Å²) >= 11 is 6.37. The van der Waals surface area contributed by atoms with Gasteiger partial charge in [-0.2, -0.15) is 13.2 Å². The highest BCUT2D eigenvalue weighted by atomic mass is 35.5. The molecule has 2 aliphatic heterocycles. The number of alkyl halides is 3. The molecule has 156 valence electrons. The highest BCUT2D eigenvalue weighted by Crippen LogP contribution is 2.44. The summed E-state index contributed by atoms with van der Waals surface area (Å²) in [6.07, 6.45) is 2.94. The van der Waals surface area contributed by atoms with E-state index in [2.05, 4.69) is 28.4 Å². The van der Waals surface area contributed by atoms with Crippen LogP contribution in [-0.2, 0) is 11.3 Å². The first-order chi connectivity index (χ1) is 13.2. The topological polar surface area (TPSA) is 52.6 Å². The second-order valence-electron chi connectivity index (χ2n) is 7.93. The monoisotopic (exact) mass is 418 g/mol. The van der Waals surface area contributed by atoms with E-state index in [9.17, 15) is 13.2 Å². The molecular weight excluding hydrogens is 393 g/mol. The number of carbonyl (C=O) groups is 1. The van der Waals surface area contributed by atoms with Crippen LogP contribution in [0.2, 0.25) is 5.02 Å². The van der Waals surface area contributed by atoms with E-state index < -0.39 is 12.1 Å². The Morgan fingerprint density at radius 2 is 1.89 bits per heavy atom. The molecule has 8 heteroatoms. The first-order valence-corrected chi connectivity index (χ1v) is 10.1. The van der Waals surface area contributed by atoms with Crippen molar-refractivity contribution in [3.05, 3.63) is 34.3 Å². The Kier molecular flexibility index (Phi) is 6.57. The molecule has 4 nitrogen and oxygen atoms in total. The number of rotatable bonds is 3. The molecule has 2 N–H and O–H groups in total. The van der Waals surface area contributed by atoms with Crippen molar-refractivity contribution in [3.8, 4) is 0 Å². The van der Waals surface area contributed by atoms with Crippen LogP contribution in [0.25, 0.3) is 0 Å². The van der Waals surface area contributed by atoms with Crippen molar-refractivity contribution in [1.82, 2.24) is 10.2 Å². The van der Waals surface area contributed by atoms with Crippen molar-refractivity contribution < 1.29 is 23.1 Å². The van der Waals surface area contributed by atoms with Crippen LogP contribution in [0.1, 0.15) is 55.6 Å². The number of hydrogen-bond donors (Lipinski definition) is 2. The number of carboxylic acid groups (broad SMARTS) is 1. The van der Waals surface area contributed by atoms with Gasteiger partial charge in [0.2, 0.25) is 0 Å². The van der Waals surface area contributed by atoms with Gasteiger partial charge in [0, 0.05) is 17.1 Å².